The Morgan fingerprint density at radius 1 is 0.897 bits per heavy atom. The Labute approximate surface area is 166 Å². The van der Waals surface area contributed by atoms with Crippen molar-refractivity contribution in [3.05, 3.63) is 52.4 Å². The predicted octanol–water partition coefficient (Wildman–Crippen LogP) is 1.09. The molecule has 5 rings (SSSR count). The van der Waals surface area contributed by atoms with E-state index in [-0.39, 0.29) is 17.4 Å². The van der Waals surface area contributed by atoms with Crippen molar-refractivity contribution in [1.29, 1.82) is 0 Å². The molecule has 1 saturated heterocycles. The van der Waals surface area contributed by atoms with E-state index in [4.69, 9.17) is 9.47 Å². The fourth-order valence-electron chi connectivity index (χ4n) is 3.75. The first-order valence-electron chi connectivity index (χ1n) is 9.32. The third-order valence-corrected chi connectivity index (χ3v) is 7.19. The van der Waals surface area contributed by atoms with E-state index in [1.807, 2.05) is 18.2 Å². The molecule has 9 nitrogen and oxygen atoms in total. The first kappa shape index (κ1) is 18.2. The quantitative estimate of drug-likeness (QED) is 0.659. The summed E-state index contributed by atoms with van der Waals surface area (Å²) >= 11 is 0. The Balaban J connectivity index is 1.27. The summed E-state index contributed by atoms with van der Waals surface area (Å²) < 4.78 is 38.3. The van der Waals surface area contributed by atoms with Crippen molar-refractivity contribution < 1.29 is 17.9 Å². The Bertz CT molecular complexity index is 1220. The second-order valence-electron chi connectivity index (χ2n) is 7.15. The van der Waals surface area contributed by atoms with Gasteiger partial charge in [0, 0.05) is 32.7 Å². The molecule has 0 unspecified atom stereocenters. The van der Waals surface area contributed by atoms with Crippen LogP contribution in [0.4, 0.5) is 0 Å². The molecule has 2 N–H and O–H groups in total. The molecule has 2 aliphatic heterocycles. The third kappa shape index (κ3) is 3.39. The molecular weight excluding hydrogens is 396 g/mol. The van der Waals surface area contributed by atoms with Crippen LogP contribution >= 0.6 is 0 Å². The Morgan fingerprint density at radius 3 is 2.48 bits per heavy atom. The monoisotopic (exact) mass is 416 g/mol. The summed E-state index contributed by atoms with van der Waals surface area (Å²) in [5, 5.41) is 0. The lowest BCUT2D eigenvalue weighted by molar-refractivity contribution is 0.173. The minimum atomic E-state index is -3.61. The molecule has 0 amide bonds. The van der Waals surface area contributed by atoms with Gasteiger partial charge in [-0.25, -0.2) is 13.2 Å². The minimum absolute atomic E-state index is 0.185. The number of hydrogen-bond donors (Lipinski definition) is 2. The van der Waals surface area contributed by atoms with Crippen molar-refractivity contribution in [1.82, 2.24) is 19.2 Å². The Kier molecular flexibility index (Phi) is 4.34. The van der Waals surface area contributed by atoms with Crippen LogP contribution in [0.5, 0.6) is 11.5 Å². The Morgan fingerprint density at radius 2 is 1.66 bits per heavy atom. The molecule has 0 saturated carbocycles. The van der Waals surface area contributed by atoms with E-state index in [2.05, 4.69) is 14.9 Å². The van der Waals surface area contributed by atoms with Gasteiger partial charge in [0.05, 0.1) is 15.9 Å². The molecule has 3 heterocycles. The lowest BCUT2D eigenvalue weighted by Crippen LogP contribution is -2.48. The van der Waals surface area contributed by atoms with Gasteiger partial charge in [-0.2, -0.15) is 4.31 Å². The van der Waals surface area contributed by atoms with Crippen LogP contribution < -0.4 is 15.2 Å². The maximum Gasteiger partial charge on any atom is 0.323 e. The number of piperazine rings is 1. The van der Waals surface area contributed by atoms with E-state index >= 15 is 0 Å². The van der Waals surface area contributed by atoms with Crippen LogP contribution in [-0.2, 0) is 16.6 Å². The molecule has 2 aliphatic rings. The maximum atomic E-state index is 13.0. The van der Waals surface area contributed by atoms with Crippen LogP contribution in [0, 0.1) is 0 Å². The van der Waals surface area contributed by atoms with E-state index in [1.165, 1.54) is 16.4 Å². The average molecular weight is 416 g/mol. The van der Waals surface area contributed by atoms with Crippen molar-refractivity contribution in [3.8, 4) is 11.5 Å². The number of imidazole rings is 1. The van der Waals surface area contributed by atoms with E-state index in [1.54, 1.807) is 6.07 Å². The number of hydrogen-bond acceptors (Lipinski definition) is 6. The van der Waals surface area contributed by atoms with E-state index < -0.39 is 10.0 Å². The fourth-order valence-corrected chi connectivity index (χ4v) is 5.20. The predicted molar refractivity (Wildman–Crippen MR) is 106 cm³/mol. The molecule has 152 valence electrons. The molecule has 2 aromatic carbocycles. The second-order valence-corrected chi connectivity index (χ2v) is 9.09. The number of rotatable bonds is 4. The number of H-pyrrole nitrogens is 2. The van der Waals surface area contributed by atoms with Crippen molar-refractivity contribution in [2.24, 2.45) is 0 Å². The summed E-state index contributed by atoms with van der Waals surface area (Å²) in [4.78, 5) is 19.0. The average Bonchev–Trinajstić information content (AvgIpc) is 3.32. The standard InChI is InChI=1S/C19H20N4O5S/c24-19-20-15-3-2-14(10-16(15)21-19)29(25,26)23-7-5-22(6-8-23)11-13-1-4-17-18(9-13)28-12-27-17/h1-4,9-10H,5-8,11-12H2,(H2,20,21,24). The number of ether oxygens (including phenoxy) is 2. The highest BCUT2D eigenvalue weighted by atomic mass is 32.2. The largest absolute Gasteiger partial charge is 0.454 e. The molecule has 3 aromatic rings. The van der Waals surface area contributed by atoms with Gasteiger partial charge in [-0.1, -0.05) is 6.07 Å². The van der Waals surface area contributed by atoms with Gasteiger partial charge in [-0.15, -0.1) is 0 Å². The van der Waals surface area contributed by atoms with Crippen molar-refractivity contribution in [3.63, 3.8) is 0 Å². The smallest absolute Gasteiger partial charge is 0.323 e. The molecular formula is C19H20N4O5S. The number of nitrogens with zero attached hydrogens (tertiary/aromatic N) is 2. The maximum absolute atomic E-state index is 13.0. The van der Waals surface area contributed by atoms with E-state index in [9.17, 15) is 13.2 Å². The number of fused-ring (bicyclic) bond motifs is 2. The molecule has 29 heavy (non-hydrogen) atoms. The summed E-state index contributed by atoms with van der Waals surface area (Å²) in [7, 11) is -3.61. The number of nitrogens with one attached hydrogen (secondary N) is 2. The van der Waals surface area contributed by atoms with Crippen LogP contribution in [0.25, 0.3) is 11.0 Å². The summed E-state index contributed by atoms with van der Waals surface area (Å²) in [6.07, 6.45) is 0. The van der Waals surface area contributed by atoms with Crippen LogP contribution in [0.3, 0.4) is 0 Å². The van der Waals surface area contributed by atoms with Gasteiger partial charge >= 0.3 is 5.69 Å². The zero-order valence-electron chi connectivity index (χ0n) is 15.6. The molecule has 0 atom stereocenters. The first-order chi connectivity index (χ1) is 14.0. The number of benzene rings is 2. The molecule has 0 aliphatic carbocycles. The zero-order chi connectivity index (χ0) is 20.0. The van der Waals surface area contributed by atoms with E-state index in [0.717, 1.165) is 23.6 Å². The SMILES string of the molecule is O=c1[nH]c2ccc(S(=O)(=O)N3CCN(Cc4ccc5c(c4)OCO5)CC3)cc2[nH]1. The van der Waals surface area contributed by atoms with Crippen molar-refractivity contribution in [2.75, 3.05) is 33.0 Å². The zero-order valence-corrected chi connectivity index (χ0v) is 16.4. The lowest BCUT2D eigenvalue weighted by Gasteiger charge is -2.34. The van der Waals surface area contributed by atoms with Crippen LogP contribution in [0.15, 0.2) is 46.1 Å². The number of aromatic nitrogens is 2. The molecule has 1 fully saturated rings. The van der Waals surface area contributed by atoms with Gasteiger partial charge in [0.2, 0.25) is 16.8 Å². The normalized spacial score (nSPS) is 17.8. The lowest BCUT2D eigenvalue weighted by atomic mass is 10.2. The van der Waals surface area contributed by atoms with Crippen molar-refractivity contribution >= 4 is 21.1 Å². The topological polar surface area (TPSA) is 108 Å². The highest BCUT2D eigenvalue weighted by molar-refractivity contribution is 7.89. The van der Waals surface area contributed by atoms with Crippen LogP contribution in [0.2, 0.25) is 0 Å². The van der Waals surface area contributed by atoms with Gasteiger partial charge in [-0.3, -0.25) is 4.90 Å². The minimum Gasteiger partial charge on any atom is -0.454 e. The van der Waals surface area contributed by atoms with E-state index in [0.29, 0.717) is 37.2 Å². The molecule has 1 aromatic heterocycles. The summed E-state index contributed by atoms with van der Waals surface area (Å²) in [5.74, 6) is 1.51. The summed E-state index contributed by atoms with van der Waals surface area (Å²) in [6.45, 7) is 3.07. The van der Waals surface area contributed by atoms with Gasteiger partial charge < -0.3 is 19.4 Å². The molecule has 0 radical (unpaired) electrons. The van der Waals surface area contributed by atoms with Gasteiger partial charge in [-0.05, 0) is 35.9 Å². The highest BCUT2D eigenvalue weighted by Gasteiger charge is 2.29. The first-order valence-corrected chi connectivity index (χ1v) is 10.8. The Hall–Kier alpha value is -2.82. The molecule has 10 heteroatoms. The van der Waals surface area contributed by atoms with Gasteiger partial charge in [0.15, 0.2) is 11.5 Å². The highest BCUT2D eigenvalue weighted by Crippen LogP contribution is 2.33. The van der Waals surface area contributed by atoms with Crippen LogP contribution in [-0.4, -0.2) is 60.6 Å². The second kappa shape index (κ2) is 6.90. The summed E-state index contributed by atoms with van der Waals surface area (Å²) in [5.41, 5.74) is 1.82. The van der Waals surface area contributed by atoms with Gasteiger partial charge in [0.25, 0.3) is 0 Å². The number of sulfonamides is 1. The fraction of sp³-hybridized carbons (Fsp3) is 0.316. The molecule has 0 bridgehead atoms. The van der Waals surface area contributed by atoms with Crippen LogP contribution in [0.1, 0.15) is 5.56 Å². The summed E-state index contributed by atoms with van der Waals surface area (Å²) in [6, 6.07) is 10.5. The third-order valence-electron chi connectivity index (χ3n) is 5.30. The van der Waals surface area contributed by atoms with Crippen molar-refractivity contribution in [2.45, 2.75) is 11.4 Å². The number of aromatic amines is 2. The molecule has 0 spiro atoms. The van der Waals surface area contributed by atoms with Gasteiger partial charge in [0.1, 0.15) is 0 Å².